The van der Waals surface area contributed by atoms with Crippen molar-refractivity contribution in [1.82, 2.24) is 14.7 Å². The van der Waals surface area contributed by atoms with Crippen molar-refractivity contribution < 1.29 is 9.21 Å². The van der Waals surface area contributed by atoms with Gasteiger partial charge in [-0.25, -0.2) is 9.48 Å². The number of nitriles is 1. The molecule has 0 bridgehead atoms. The summed E-state index contributed by atoms with van der Waals surface area (Å²) in [6.07, 6.45) is 2.98. The summed E-state index contributed by atoms with van der Waals surface area (Å²) in [5.41, 5.74) is 7.50. The van der Waals surface area contributed by atoms with Gasteiger partial charge in [0, 0.05) is 12.7 Å². The monoisotopic (exact) mass is 336 g/mol. The van der Waals surface area contributed by atoms with Crippen LogP contribution < -0.4 is 11.1 Å². The van der Waals surface area contributed by atoms with E-state index in [9.17, 15) is 4.79 Å². The summed E-state index contributed by atoms with van der Waals surface area (Å²) in [4.78, 5) is 13.7. The lowest BCUT2D eigenvalue weighted by atomic mass is 10.2. The van der Waals surface area contributed by atoms with Crippen LogP contribution in [0.1, 0.15) is 11.3 Å². The van der Waals surface area contributed by atoms with Gasteiger partial charge in [-0.2, -0.15) is 10.4 Å². The van der Waals surface area contributed by atoms with Gasteiger partial charge in [-0.1, -0.05) is 0 Å². The first-order chi connectivity index (χ1) is 12.1. The van der Waals surface area contributed by atoms with Crippen LogP contribution in [0.15, 0.2) is 53.3 Å². The molecule has 0 atom stereocenters. The molecule has 0 saturated carbocycles. The van der Waals surface area contributed by atoms with Gasteiger partial charge >= 0.3 is 6.03 Å². The van der Waals surface area contributed by atoms with Crippen LogP contribution in [-0.2, 0) is 6.54 Å². The van der Waals surface area contributed by atoms with Crippen LogP contribution in [0.3, 0.4) is 0 Å². The molecule has 0 spiro atoms. The number of amides is 2. The molecule has 0 aliphatic carbocycles. The predicted octanol–water partition coefficient (Wildman–Crippen LogP) is 2.58. The fourth-order valence-corrected chi connectivity index (χ4v) is 2.26. The maximum absolute atomic E-state index is 12.2. The first-order valence-corrected chi connectivity index (χ1v) is 7.47. The molecule has 2 aromatic heterocycles. The van der Waals surface area contributed by atoms with Crippen LogP contribution in [0.4, 0.5) is 16.3 Å². The van der Waals surface area contributed by atoms with E-state index < -0.39 is 0 Å². The summed E-state index contributed by atoms with van der Waals surface area (Å²) in [5.74, 6) is 0.980. The third-order valence-corrected chi connectivity index (χ3v) is 3.61. The summed E-state index contributed by atoms with van der Waals surface area (Å²) < 4.78 is 6.69. The first kappa shape index (κ1) is 16.1. The molecule has 3 rings (SSSR count). The van der Waals surface area contributed by atoms with Crippen molar-refractivity contribution in [3.63, 3.8) is 0 Å². The molecular formula is C17H16N6O2. The van der Waals surface area contributed by atoms with Gasteiger partial charge in [0.25, 0.3) is 0 Å². The van der Waals surface area contributed by atoms with E-state index in [-0.39, 0.29) is 11.8 Å². The summed E-state index contributed by atoms with van der Waals surface area (Å²) in [5, 5.41) is 15.8. The zero-order chi connectivity index (χ0) is 17.8. The van der Waals surface area contributed by atoms with Crippen LogP contribution >= 0.6 is 0 Å². The number of hydrogen-bond acceptors (Lipinski definition) is 5. The molecule has 0 unspecified atom stereocenters. The van der Waals surface area contributed by atoms with Crippen molar-refractivity contribution in [2.75, 3.05) is 18.1 Å². The fourth-order valence-electron chi connectivity index (χ4n) is 2.26. The molecule has 2 amide bonds. The molecule has 2 heterocycles. The number of benzene rings is 1. The van der Waals surface area contributed by atoms with E-state index in [2.05, 4.69) is 10.4 Å². The van der Waals surface area contributed by atoms with Crippen molar-refractivity contribution in [3.05, 3.63) is 60.2 Å². The van der Waals surface area contributed by atoms with E-state index in [1.807, 2.05) is 12.1 Å². The highest BCUT2D eigenvalue weighted by atomic mass is 16.3. The van der Waals surface area contributed by atoms with Crippen LogP contribution in [0.5, 0.6) is 0 Å². The summed E-state index contributed by atoms with van der Waals surface area (Å²) in [6.45, 7) is 0.373. The van der Waals surface area contributed by atoms with Crippen LogP contribution in [0, 0.1) is 11.3 Å². The number of hydrogen-bond donors (Lipinski definition) is 2. The molecular weight excluding hydrogens is 320 g/mol. The normalized spacial score (nSPS) is 10.2. The van der Waals surface area contributed by atoms with Gasteiger partial charge < -0.3 is 20.4 Å². The number of carbonyl (C=O) groups excluding carboxylic acids is 1. The zero-order valence-corrected chi connectivity index (χ0v) is 13.5. The van der Waals surface area contributed by atoms with Gasteiger partial charge in [0.05, 0.1) is 24.7 Å². The lowest BCUT2D eigenvalue weighted by molar-refractivity contribution is 0.217. The van der Waals surface area contributed by atoms with Gasteiger partial charge in [0.1, 0.15) is 23.2 Å². The average Bonchev–Trinajstić information content (AvgIpc) is 3.25. The molecule has 3 N–H and O–H groups in total. The number of urea groups is 1. The Bertz CT molecular complexity index is 906. The second-order valence-corrected chi connectivity index (χ2v) is 5.38. The van der Waals surface area contributed by atoms with Crippen molar-refractivity contribution in [1.29, 1.82) is 5.26 Å². The molecule has 0 radical (unpaired) electrons. The smallest absolute Gasteiger partial charge is 0.321 e. The lowest BCUT2D eigenvalue weighted by Crippen LogP contribution is -2.30. The summed E-state index contributed by atoms with van der Waals surface area (Å²) >= 11 is 0. The standard InChI is InChI=1S/C17H16N6O2/c1-22(11-15-3-2-8-25-15)17(24)21-13-4-6-14(7-5-13)23-16(19)12(9-18)10-20-23/h2-8,10H,11,19H2,1H3,(H,21,24). The number of nitrogen functional groups attached to an aromatic ring is 1. The highest BCUT2D eigenvalue weighted by Crippen LogP contribution is 2.18. The van der Waals surface area contributed by atoms with Crippen LogP contribution in [-0.4, -0.2) is 27.8 Å². The minimum absolute atomic E-state index is 0.255. The highest BCUT2D eigenvalue weighted by molar-refractivity contribution is 5.89. The second-order valence-electron chi connectivity index (χ2n) is 5.38. The molecule has 8 nitrogen and oxygen atoms in total. The third kappa shape index (κ3) is 3.45. The minimum Gasteiger partial charge on any atom is -0.467 e. The summed E-state index contributed by atoms with van der Waals surface area (Å²) in [7, 11) is 1.68. The Balaban J connectivity index is 1.67. The van der Waals surface area contributed by atoms with E-state index in [0.717, 1.165) is 0 Å². The number of nitrogens with one attached hydrogen (secondary N) is 1. The number of furan rings is 1. The number of nitrogens with two attached hydrogens (primary N) is 1. The predicted molar refractivity (Wildman–Crippen MR) is 91.9 cm³/mol. The average molecular weight is 336 g/mol. The largest absolute Gasteiger partial charge is 0.467 e. The van der Waals surface area contributed by atoms with E-state index in [0.29, 0.717) is 29.2 Å². The summed E-state index contributed by atoms with van der Waals surface area (Å²) in [6, 6.07) is 12.3. The van der Waals surface area contributed by atoms with Gasteiger partial charge in [0.2, 0.25) is 0 Å². The van der Waals surface area contributed by atoms with E-state index >= 15 is 0 Å². The highest BCUT2D eigenvalue weighted by Gasteiger charge is 2.12. The molecule has 1 aromatic carbocycles. The van der Waals surface area contributed by atoms with E-state index in [4.69, 9.17) is 15.4 Å². The van der Waals surface area contributed by atoms with Gasteiger partial charge in [-0.3, -0.25) is 0 Å². The quantitative estimate of drug-likeness (QED) is 0.760. The SMILES string of the molecule is CN(Cc1ccco1)C(=O)Nc1ccc(-n2ncc(C#N)c2N)cc1. The lowest BCUT2D eigenvalue weighted by Gasteiger charge is -2.16. The maximum Gasteiger partial charge on any atom is 0.321 e. The molecule has 25 heavy (non-hydrogen) atoms. The number of carbonyl (C=O) groups is 1. The Labute approximate surface area is 144 Å². The van der Waals surface area contributed by atoms with E-state index in [1.165, 1.54) is 15.8 Å². The number of rotatable bonds is 4. The van der Waals surface area contributed by atoms with Crippen LogP contribution in [0.2, 0.25) is 0 Å². The third-order valence-electron chi connectivity index (χ3n) is 3.61. The number of nitrogens with zero attached hydrogens (tertiary/aromatic N) is 4. The van der Waals surface area contributed by atoms with E-state index in [1.54, 1.807) is 43.6 Å². The Kier molecular flexibility index (Phi) is 4.39. The molecule has 0 aliphatic heterocycles. The van der Waals surface area contributed by atoms with Crippen molar-refractivity contribution >= 4 is 17.5 Å². The van der Waals surface area contributed by atoms with Crippen LogP contribution in [0.25, 0.3) is 5.69 Å². The maximum atomic E-state index is 12.2. The topological polar surface area (TPSA) is 113 Å². The number of anilines is 2. The minimum atomic E-state index is -0.255. The van der Waals surface area contributed by atoms with Gasteiger partial charge in [-0.05, 0) is 36.4 Å². The van der Waals surface area contributed by atoms with Crippen molar-refractivity contribution in [3.8, 4) is 11.8 Å². The second kappa shape index (κ2) is 6.80. The Hall–Kier alpha value is -3.73. The molecule has 0 aliphatic rings. The molecule has 0 saturated heterocycles. The number of aromatic nitrogens is 2. The molecule has 3 aromatic rings. The fraction of sp³-hybridized carbons (Fsp3) is 0.118. The zero-order valence-electron chi connectivity index (χ0n) is 13.5. The first-order valence-electron chi connectivity index (χ1n) is 7.47. The Morgan fingerprint density at radius 2 is 2.16 bits per heavy atom. The Morgan fingerprint density at radius 3 is 2.76 bits per heavy atom. The van der Waals surface area contributed by atoms with Crippen molar-refractivity contribution in [2.24, 2.45) is 0 Å². The van der Waals surface area contributed by atoms with Gasteiger partial charge in [0.15, 0.2) is 0 Å². The molecule has 0 fully saturated rings. The Morgan fingerprint density at radius 1 is 1.40 bits per heavy atom. The van der Waals surface area contributed by atoms with Crippen molar-refractivity contribution in [2.45, 2.75) is 6.54 Å². The van der Waals surface area contributed by atoms with Gasteiger partial charge in [-0.15, -0.1) is 0 Å². The molecule has 8 heteroatoms. The molecule has 126 valence electrons.